The number of nitrogens with one attached hydrogen (secondary N) is 1. The number of amides is 1. The van der Waals surface area contributed by atoms with Gasteiger partial charge in [0.25, 0.3) is 11.6 Å². The summed E-state index contributed by atoms with van der Waals surface area (Å²) in [5.74, 6) is -0.204. The Morgan fingerprint density at radius 1 is 1.04 bits per heavy atom. The van der Waals surface area contributed by atoms with Crippen molar-refractivity contribution in [3.8, 4) is 11.5 Å². The summed E-state index contributed by atoms with van der Waals surface area (Å²) < 4.78 is 15.4. The van der Waals surface area contributed by atoms with Gasteiger partial charge in [0.05, 0.1) is 11.5 Å². The van der Waals surface area contributed by atoms with E-state index in [2.05, 4.69) is 5.32 Å². The number of anilines is 1. The largest absolute Gasteiger partial charge is 0.494 e. The summed E-state index contributed by atoms with van der Waals surface area (Å²) >= 11 is 0. The molecule has 0 fully saturated rings. The van der Waals surface area contributed by atoms with Gasteiger partial charge in [-0.05, 0) is 37.3 Å². The van der Waals surface area contributed by atoms with Crippen molar-refractivity contribution in [1.29, 1.82) is 0 Å². The van der Waals surface area contributed by atoms with Crippen molar-refractivity contribution in [3.05, 3.63) is 58.6 Å². The molecule has 0 heterocycles. The fourth-order valence-electron chi connectivity index (χ4n) is 2.02. The standard InChI is InChI=1S/C18H18N2O7/c1-2-25-15-6-8-16(9-7-15)26-12-18(22)27-11-17(21)19-13-4-3-5-14(10-13)20(23)24/h3-10H,2,11-12H2,1H3,(H,19,21). The van der Waals surface area contributed by atoms with Crippen LogP contribution in [-0.4, -0.2) is 36.6 Å². The number of carbonyl (C=O) groups is 2. The first-order chi connectivity index (χ1) is 13.0. The zero-order valence-corrected chi connectivity index (χ0v) is 14.5. The molecular weight excluding hydrogens is 356 g/mol. The lowest BCUT2D eigenvalue weighted by molar-refractivity contribution is -0.384. The van der Waals surface area contributed by atoms with E-state index in [1.807, 2.05) is 6.92 Å². The quantitative estimate of drug-likeness (QED) is 0.407. The van der Waals surface area contributed by atoms with Crippen molar-refractivity contribution in [2.24, 2.45) is 0 Å². The highest BCUT2D eigenvalue weighted by Gasteiger charge is 2.11. The number of esters is 1. The normalized spacial score (nSPS) is 9.96. The third kappa shape index (κ3) is 6.65. The molecule has 0 radical (unpaired) electrons. The molecule has 1 amide bonds. The highest BCUT2D eigenvalue weighted by molar-refractivity contribution is 5.93. The van der Waals surface area contributed by atoms with Crippen LogP contribution in [0.2, 0.25) is 0 Å². The third-order valence-corrected chi connectivity index (χ3v) is 3.20. The van der Waals surface area contributed by atoms with E-state index in [-0.39, 0.29) is 18.0 Å². The van der Waals surface area contributed by atoms with E-state index in [1.54, 1.807) is 24.3 Å². The Morgan fingerprint density at radius 3 is 2.33 bits per heavy atom. The summed E-state index contributed by atoms with van der Waals surface area (Å²) in [6, 6.07) is 12.1. The molecule has 0 spiro atoms. The van der Waals surface area contributed by atoms with Gasteiger partial charge in [0.1, 0.15) is 11.5 Å². The predicted octanol–water partition coefficient (Wildman–Crippen LogP) is 2.55. The Hall–Kier alpha value is -3.62. The average molecular weight is 374 g/mol. The molecule has 0 saturated heterocycles. The topological polar surface area (TPSA) is 117 Å². The van der Waals surface area contributed by atoms with Crippen molar-refractivity contribution in [3.63, 3.8) is 0 Å². The lowest BCUT2D eigenvalue weighted by Crippen LogP contribution is -2.23. The Balaban J connectivity index is 1.73. The molecule has 9 nitrogen and oxygen atoms in total. The first-order valence-corrected chi connectivity index (χ1v) is 8.03. The molecule has 0 atom stereocenters. The number of hydrogen-bond donors (Lipinski definition) is 1. The van der Waals surface area contributed by atoms with E-state index >= 15 is 0 Å². The van der Waals surface area contributed by atoms with Crippen molar-refractivity contribution in [1.82, 2.24) is 0 Å². The summed E-state index contributed by atoms with van der Waals surface area (Å²) in [5, 5.41) is 13.1. The number of nitrogens with zero attached hydrogens (tertiary/aromatic N) is 1. The van der Waals surface area contributed by atoms with Gasteiger partial charge >= 0.3 is 5.97 Å². The van der Waals surface area contributed by atoms with Gasteiger partial charge in [-0.2, -0.15) is 0 Å². The predicted molar refractivity (Wildman–Crippen MR) is 95.8 cm³/mol. The van der Waals surface area contributed by atoms with Gasteiger partial charge in [-0.3, -0.25) is 14.9 Å². The highest BCUT2D eigenvalue weighted by atomic mass is 16.6. The van der Waals surface area contributed by atoms with Crippen LogP contribution in [0.15, 0.2) is 48.5 Å². The summed E-state index contributed by atoms with van der Waals surface area (Å²) in [6.07, 6.45) is 0. The van der Waals surface area contributed by atoms with Gasteiger partial charge in [0, 0.05) is 17.8 Å². The Morgan fingerprint density at radius 2 is 1.70 bits per heavy atom. The lowest BCUT2D eigenvalue weighted by atomic mass is 10.3. The van der Waals surface area contributed by atoms with E-state index in [1.165, 1.54) is 24.3 Å². The Labute approximate surface area is 155 Å². The van der Waals surface area contributed by atoms with Crippen LogP contribution in [0.1, 0.15) is 6.92 Å². The Bertz CT molecular complexity index is 806. The third-order valence-electron chi connectivity index (χ3n) is 3.20. The second kappa shape index (κ2) is 9.76. The van der Waals surface area contributed by atoms with Crippen LogP contribution in [0.5, 0.6) is 11.5 Å². The van der Waals surface area contributed by atoms with Crippen LogP contribution in [0, 0.1) is 10.1 Å². The number of nitro benzene ring substituents is 1. The molecule has 0 bridgehead atoms. The van der Waals surface area contributed by atoms with E-state index in [0.717, 1.165) is 0 Å². The number of ether oxygens (including phenoxy) is 3. The minimum Gasteiger partial charge on any atom is -0.494 e. The van der Waals surface area contributed by atoms with Crippen molar-refractivity contribution in [2.45, 2.75) is 6.92 Å². The maximum atomic E-state index is 11.8. The molecule has 9 heteroatoms. The average Bonchev–Trinajstić information content (AvgIpc) is 2.66. The van der Waals surface area contributed by atoms with E-state index < -0.39 is 23.4 Å². The summed E-state index contributed by atoms with van der Waals surface area (Å²) in [4.78, 5) is 33.5. The number of benzene rings is 2. The maximum absolute atomic E-state index is 11.8. The number of nitro groups is 1. The maximum Gasteiger partial charge on any atom is 0.344 e. The lowest BCUT2D eigenvalue weighted by Gasteiger charge is -2.08. The minimum absolute atomic E-state index is 0.159. The van der Waals surface area contributed by atoms with Gasteiger partial charge in [-0.1, -0.05) is 6.07 Å². The van der Waals surface area contributed by atoms with E-state index in [4.69, 9.17) is 14.2 Å². The number of carbonyl (C=O) groups excluding carboxylic acids is 2. The van der Waals surface area contributed by atoms with Crippen molar-refractivity contribution in [2.75, 3.05) is 25.1 Å². The Kier molecular flexibility index (Phi) is 7.12. The molecule has 0 unspecified atom stereocenters. The van der Waals surface area contributed by atoms with Gasteiger partial charge in [-0.15, -0.1) is 0 Å². The van der Waals surface area contributed by atoms with Crippen LogP contribution in [-0.2, 0) is 14.3 Å². The number of rotatable bonds is 9. The molecule has 27 heavy (non-hydrogen) atoms. The zero-order valence-electron chi connectivity index (χ0n) is 14.5. The van der Waals surface area contributed by atoms with E-state index in [0.29, 0.717) is 18.1 Å². The van der Waals surface area contributed by atoms with Gasteiger partial charge in [-0.25, -0.2) is 4.79 Å². The molecule has 2 aromatic carbocycles. The van der Waals surface area contributed by atoms with Crippen LogP contribution in [0.3, 0.4) is 0 Å². The monoisotopic (exact) mass is 374 g/mol. The minimum atomic E-state index is -0.724. The van der Waals surface area contributed by atoms with Crippen molar-refractivity contribution >= 4 is 23.3 Å². The zero-order chi connectivity index (χ0) is 19.6. The van der Waals surface area contributed by atoms with Crippen molar-refractivity contribution < 1.29 is 28.7 Å². The second-order valence-corrected chi connectivity index (χ2v) is 5.21. The summed E-state index contributed by atoms with van der Waals surface area (Å²) in [5.41, 5.74) is 0.0736. The van der Waals surface area contributed by atoms with Gasteiger partial charge < -0.3 is 19.5 Å². The molecule has 0 aliphatic rings. The molecular formula is C18H18N2O7. The first-order valence-electron chi connectivity index (χ1n) is 8.03. The second-order valence-electron chi connectivity index (χ2n) is 5.21. The number of non-ortho nitro benzene ring substituents is 1. The van der Waals surface area contributed by atoms with Gasteiger partial charge in [0.2, 0.25) is 0 Å². The first kappa shape index (κ1) is 19.7. The van der Waals surface area contributed by atoms with Crippen LogP contribution < -0.4 is 14.8 Å². The fraction of sp³-hybridized carbons (Fsp3) is 0.222. The molecule has 2 rings (SSSR count). The highest BCUT2D eigenvalue weighted by Crippen LogP contribution is 2.18. The number of hydrogen-bond acceptors (Lipinski definition) is 7. The van der Waals surface area contributed by atoms with Gasteiger partial charge in [0.15, 0.2) is 13.2 Å². The smallest absolute Gasteiger partial charge is 0.344 e. The molecule has 142 valence electrons. The summed E-state index contributed by atoms with van der Waals surface area (Å²) in [6.45, 7) is 1.52. The molecule has 0 aromatic heterocycles. The van der Waals surface area contributed by atoms with Crippen LogP contribution in [0.25, 0.3) is 0 Å². The molecule has 1 N–H and O–H groups in total. The van der Waals surface area contributed by atoms with Crippen LogP contribution >= 0.6 is 0 Å². The SMILES string of the molecule is CCOc1ccc(OCC(=O)OCC(=O)Nc2cccc([N+](=O)[O-])c2)cc1. The fourth-order valence-corrected chi connectivity index (χ4v) is 2.02. The molecule has 0 saturated carbocycles. The molecule has 2 aromatic rings. The van der Waals surface area contributed by atoms with Crippen LogP contribution in [0.4, 0.5) is 11.4 Å². The molecule has 0 aliphatic carbocycles. The molecule has 0 aliphatic heterocycles. The summed E-state index contributed by atoms with van der Waals surface area (Å²) in [7, 11) is 0. The van der Waals surface area contributed by atoms with E-state index in [9.17, 15) is 19.7 Å².